The van der Waals surface area contributed by atoms with Crippen molar-refractivity contribution >= 4 is 11.6 Å². The molecular weight excluding hydrogens is 301 g/mol. The Morgan fingerprint density at radius 1 is 1.00 bits per heavy atom. The van der Waals surface area contributed by atoms with Crippen molar-refractivity contribution in [2.45, 2.75) is 25.9 Å². The maximum atomic E-state index is 12.6. The van der Waals surface area contributed by atoms with Gasteiger partial charge in [-0.05, 0) is 41.8 Å². The van der Waals surface area contributed by atoms with Gasteiger partial charge in [-0.15, -0.1) is 0 Å². The van der Waals surface area contributed by atoms with E-state index in [2.05, 4.69) is 0 Å². The van der Waals surface area contributed by atoms with Gasteiger partial charge in [-0.2, -0.15) is 13.2 Å². The third-order valence-corrected chi connectivity index (χ3v) is 3.32. The van der Waals surface area contributed by atoms with Crippen LogP contribution in [0.1, 0.15) is 30.9 Å². The molecule has 1 nitrogen and oxygen atoms in total. The van der Waals surface area contributed by atoms with Crippen LogP contribution in [0, 0.1) is 0 Å². The average Bonchev–Trinajstić information content (AvgIpc) is 2.37. The highest BCUT2D eigenvalue weighted by atomic mass is 35.5. The summed E-state index contributed by atoms with van der Waals surface area (Å²) in [5, 5.41) is 0.537. The molecule has 0 aliphatic heterocycles. The Bertz CT molecular complexity index is 636. The van der Waals surface area contributed by atoms with Crippen molar-refractivity contribution in [1.82, 2.24) is 0 Å². The summed E-state index contributed by atoms with van der Waals surface area (Å²) in [6.45, 7) is 4.02. The lowest BCUT2D eigenvalue weighted by Gasteiger charge is -2.12. The predicted octanol–water partition coefficient (Wildman–Crippen LogP) is 6.27. The molecule has 0 aliphatic rings. The van der Waals surface area contributed by atoms with Crippen molar-refractivity contribution in [1.29, 1.82) is 0 Å². The highest BCUT2D eigenvalue weighted by Crippen LogP contribution is 2.34. The first-order chi connectivity index (χ1) is 9.77. The molecule has 0 radical (unpaired) electrons. The van der Waals surface area contributed by atoms with Gasteiger partial charge in [0, 0.05) is 5.02 Å². The molecule has 0 fully saturated rings. The zero-order valence-corrected chi connectivity index (χ0v) is 12.3. The number of benzene rings is 2. The zero-order valence-electron chi connectivity index (χ0n) is 11.5. The molecule has 2 rings (SSSR count). The fourth-order valence-corrected chi connectivity index (χ4v) is 2.30. The third kappa shape index (κ3) is 3.91. The predicted molar refractivity (Wildman–Crippen MR) is 77.1 cm³/mol. The van der Waals surface area contributed by atoms with Crippen molar-refractivity contribution < 1.29 is 17.9 Å². The van der Waals surface area contributed by atoms with Gasteiger partial charge in [0.15, 0.2) is 0 Å². The Balaban J connectivity index is 2.25. The van der Waals surface area contributed by atoms with Crippen molar-refractivity contribution in [3.8, 4) is 11.5 Å². The van der Waals surface area contributed by atoms with Crippen LogP contribution >= 0.6 is 11.6 Å². The van der Waals surface area contributed by atoms with Gasteiger partial charge < -0.3 is 4.74 Å². The van der Waals surface area contributed by atoms with Gasteiger partial charge in [0.25, 0.3) is 0 Å². The zero-order chi connectivity index (χ0) is 15.6. The van der Waals surface area contributed by atoms with E-state index in [4.69, 9.17) is 16.3 Å². The van der Waals surface area contributed by atoms with Crippen LogP contribution in [0.25, 0.3) is 0 Å². The lowest BCUT2D eigenvalue weighted by Crippen LogP contribution is -2.04. The molecule has 0 unspecified atom stereocenters. The van der Waals surface area contributed by atoms with Crippen LogP contribution in [0.15, 0.2) is 42.5 Å². The molecule has 0 spiro atoms. The third-order valence-electron chi connectivity index (χ3n) is 2.99. The molecule has 0 N–H and O–H groups in total. The van der Waals surface area contributed by atoms with Crippen LogP contribution in [0.2, 0.25) is 5.02 Å². The molecule has 0 aromatic heterocycles. The monoisotopic (exact) mass is 314 g/mol. The number of rotatable bonds is 3. The molecule has 5 heteroatoms. The first kappa shape index (κ1) is 15.7. The highest BCUT2D eigenvalue weighted by molar-refractivity contribution is 6.31. The number of ether oxygens (including phenoxy) is 1. The van der Waals surface area contributed by atoms with Crippen LogP contribution in [-0.4, -0.2) is 0 Å². The van der Waals surface area contributed by atoms with E-state index in [0.717, 1.165) is 17.7 Å². The lowest BCUT2D eigenvalue weighted by atomic mass is 10.0. The summed E-state index contributed by atoms with van der Waals surface area (Å²) in [4.78, 5) is 0. The Labute approximate surface area is 126 Å². The Morgan fingerprint density at radius 3 is 2.24 bits per heavy atom. The second kappa shape index (κ2) is 5.98. The van der Waals surface area contributed by atoms with E-state index in [1.54, 1.807) is 12.1 Å². The van der Waals surface area contributed by atoms with E-state index in [0.29, 0.717) is 10.8 Å². The fraction of sp³-hybridized carbons (Fsp3) is 0.250. The summed E-state index contributed by atoms with van der Waals surface area (Å²) in [6, 6.07) is 9.86. The van der Waals surface area contributed by atoms with Gasteiger partial charge in [-0.3, -0.25) is 0 Å². The van der Waals surface area contributed by atoms with Crippen LogP contribution in [0.3, 0.4) is 0 Å². The summed E-state index contributed by atoms with van der Waals surface area (Å²) < 4.78 is 43.4. The standard InChI is InChI=1S/C16H14ClF3O/c1-10(2)14-7-6-13(9-15(14)17)21-12-5-3-4-11(8-12)16(18,19)20/h3-10H,1-2H3. The molecule has 0 atom stereocenters. The number of alkyl halides is 3. The van der Waals surface area contributed by atoms with Gasteiger partial charge in [0.05, 0.1) is 5.56 Å². The minimum absolute atomic E-state index is 0.123. The first-order valence-electron chi connectivity index (χ1n) is 6.42. The molecule has 0 amide bonds. The Kier molecular flexibility index (Phi) is 4.47. The molecule has 0 bridgehead atoms. The van der Waals surface area contributed by atoms with Crippen molar-refractivity contribution in [3.63, 3.8) is 0 Å². The summed E-state index contributed by atoms with van der Waals surface area (Å²) in [5.41, 5.74) is 0.220. The maximum Gasteiger partial charge on any atom is 0.416 e. The first-order valence-corrected chi connectivity index (χ1v) is 6.79. The quantitative estimate of drug-likeness (QED) is 0.648. The SMILES string of the molecule is CC(C)c1ccc(Oc2cccc(C(F)(F)F)c2)cc1Cl. The molecule has 2 aromatic rings. The molecule has 21 heavy (non-hydrogen) atoms. The maximum absolute atomic E-state index is 12.6. The normalized spacial score (nSPS) is 11.8. The Hall–Kier alpha value is -1.68. The topological polar surface area (TPSA) is 9.23 Å². The number of halogens is 4. The summed E-state index contributed by atoms with van der Waals surface area (Å²) >= 11 is 6.13. The van der Waals surface area contributed by atoms with E-state index >= 15 is 0 Å². The van der Waals surface area contributed by atoms with Crippen LogP contribution in [-0.2, 0) is 6.18 Å². The smallest absolute Gasteiger partial charge is 0.416 e. The highest BCUT2D eigenvalue weighted by Gasteiger charge is 2.30. The largest absolute Gasteiger partial charge is 0.457 e. The molecule has 0 saturated heterocycles. The minimum Gasteiger partial charge on any atom is -0.457 e. The number of hydrogen-bond acceptors (Lipinski definition) is 1. The minimum atomic E-state index is -4.39. The van der Waals surface area contributed by atoms with Gasteiger partial charge in [0.2, 0.25) is 0 Å². The van der Waals surface area contributed by atoms with E-state index in [1.807, 2.05) is 19.9 Å². The van der Waals surface area contributed by atoms with Crippen molar-refractivity contribution in [2.24, 2.45) is 0 Å². The fourth-order valence-electron chi connectivity index (χ4n) is 1.91. The van der Waals surface area contributed by atoms with Crippen LogP contribution in [0.4, 0.5) is 13.2 Å². The van der Waals surface area contributed by atoms with Crippen molar-refractivity contribution in [2.75, 3.05) is 0 Å². The molecule has 0 aliphatic carbocycles. The van der Waals surface area contributed by atoms with Crippen LogP contribution in [0.5, 0.6) is 11.5 Å². The van der Waals surface area contributed by atoms with Crippen LogP contribution < -0.4 is 4.74 Å². The van der Waals surface area contributed by atoms with E-state index in [9.17, 15) is 13.2 Å². The van der Waals surface area contributed by atoms with Gasteiger partial charge in [-0.25, -0.2) is 0 Å². The van der Waals surface area contributed by atoms with E-state index in [1.165, 1.54) is 12.1 Å². The second-order valence-corrected chi connectivity index (χ2v) is 5.37. The summed E-state index contributed by atoms with van der Waals surface area (Å²) in [7, 11) is 0. The summed E-state index contributed by atoms with van der Waals surface area (Å²) in [6.07, 6.45) is -4.39. The van der Waals surface area contributed by atoms with Gasteiger partial charge in [0.1, 0.15) is 11.5 Å². The second-order valence-electron chi connectivity index (χ2n) is 4.97. The molecular formula is C16H14ClF3O. The van der Waals surface area contributed by atoms with Crippen molar-refractivity contribution in [3.05, 3.63) is 58.6 Å². The van der Waals surface area contributed by atoms with Gasteiger partial charge in [-0.1, -0.05) is 37.6 Å². The van der Waals surface area contributed by atoms with E-state index < -0.39 is 11.7 Å². The summed E-state index contributed by atoms with van der Waals surface area (Å²) in [5.74, 6) is 0.794. The Morgan fingerprint density at radius 2 is 1.67 bits per heavy atom. The number of hydrogen-bond donors (Lipinski definition) is 0. The van der Waals surface area contributed by atoms with E-state index in [-0.39, 0.29) is 11.7 Å². The molecule has 2 aromatic carbocycles. The molecule has 112 valence electrons. The van der Waals surface area contributed by atoms with Gasteiger partial charge >= 0.3 is 6.18 Å². The lowest BCUT2D eigenvalue weighted by molar-refractivity contribution is -0.137. The average molecular weight is 315 g/mol. The molecule has 0 heterocycles. The molecule has 0 saturated carbocycles.